The van der Waals surface area contributed by atoms with Crippen molar-refractivity contribution in [1.29, 1.82) is 0 Å². The third-order valence-corrected chi connectivity index (χ3v) is 6.05. The molecule has 0 radical (unpaired) electrons. The van der Waals surface area contributed by atoms with Gasteiger partial charge in [0.2, 0.25) is 0 Å². The van der Waals surface area contributed by atoms with Crippen molar-refractivity contribution in [3.63, 3.8) is 0 Å². The number of carbonyl (C=O) groups is 2. The minimum Gasteiger partial charge on any atom is -0.338 e. The molecule has 1 atom stereocenters. The van der Waals surface area contributed by atoms with Gasteiger partial charge in [-0.3, -0.25) is 9.59 Å². The number of hydrogen-bond acceptors (Lipinski definition) is 3. The summed E-state index contributed by atoms with van der Waals surface area (Å²) in [6, 6.07) is 1.75. The van der Waals surface area contributed by atoms with Gasteiger partial charge in [0.05, 0.1) is 10.4 Å². The first-order valence-electron chi connectivity index (χ1n) is 8.04. The van der Waals surface area contributed by atoms with Crippen LogP contribution in [0.2, 0.25) is 0 Å². The molecule has 21 heavy (non-hydrogen) atoms. The Balaban J connectivity index is 1.62. The van der Waals surface area contributed by atoms with Crippen LogP contribution in [0.3, 0.4) is 0 Å². The van der Waals surface area contributed by atoms with E-state index in [1.807, 2.05) is 10.3 Å². The summed E-state index contributed by atoms with van der Waals surface area (Å²) in [6.45, 7) is 3.34. The Kier molecular flexibility index (Phi) is 4.43. The smallest absolute Gasteiger partial charge is 0.254 e. The van der Waals surface area contributed by atoms with Crippen LogP contribution >= 0.6 is 11.3 Å². The second-order valence-electron chi connectivity index (χ2n) is 6.45. The number of rotatable bonds is 3. The van der Waals surface area contributed by atoms with Crippen LogP contribution in [0, 0.1) is 11.8 Å². The molecule has 1 aliphatic carbocycles. The molecule has 1 unspecified atom stereocenters. The Labute approximate surface area is 130 Å². The van der Waals surface area contributed by atoms with Gasteiger partial charge in [0.25, 0.3) is 5.91 Å². The van der Waals surface area contributed by atoms with E-state index in [-0.39, 0.29) is 11.7 Å². The van der Waals surface area contributed by atoms with Crippen LogP contribution in [-0.4, -0.2) is 29.7 Å². The summed E-state index contributed by atoms with van der Waals surface area (Å²) in [5, 5.41) is 1.83. The number of carbonyl (C=O) groups excluding carboxylic acids is 2. The molecule has 2 heterocycles. The molecule has 0 aromatic carbocycles. The Morgan fingerprint density at radius 3 is 2.57 bits per heavy atom. The Bertz CT molecular complexity index is 531. The molecule has 0 spiro atoms. The summed E-state index contributed by atoms with van der Waals surface area (Å²) in [5.41, 5.74) is 0.689. The highest BCUT2D eigenvalue weighted by Gasteiger charge is 2.33. The predicted molar refractivity (Wildman–Crippen MR) is 84.9 cm³/mol. The van der Waals surface area contributed by atoms with Crippen molar-refractivity contribution >= 4 is 23.0 Å². The standard InChI is InChI=1S/C17H23NO2S/c1-12(19)16-9-15(11-21-16)17(20)18-8-7-14(10-18)13-5-3-2-4-6-13/h9,11,13-14H,2-8,10H2,1H3. The van der Waals surface area contributed by atoms with Gasteiger partial charge in [0, 0.05) is 18.5 Å². The lowest BCUT2D eigenvalue weighted by Crippen LogP contribution is -2.30. The van der Waals surface area contributed by atoms with E-state index >= 15 is 0 Å². The fourth-order valence-electron chi connectivity index (χ4n) is 3.78. The van der Waals surface area contributed by atoms with Crippen molar-refractivity contribution in [3.05, 3.63) is 21.9 Å². The van der Waals surface area contributed by atoms with Gasteiger partial charge in [0.1, 0.15) is 0 Å². The molecule has 3 rings (SSSR count). The SMILES string of the molecule is CC(=O)c1cc(C(=O)N2CCC(C3CCCCC3)C2)cs1. The monoisotopic (exact) mass is 305 g/mol. The number of likely N-dealkylation sites (tertiary alicyclic amines) is 1. The molecule has 1 saturated heterocycles. The normalized spacial score (nSPS) is 23.5. The average Bonchev–Trinajstić information content (AvgIpc) is 3.17. The zero-order chi connectivity index (χ0) is 14.8. The van der Waals surface area contributed by atoms with E-state index in [0.717, 1.165) is 25.4 Å². The highest BCUT2D eigenvalue weighted by Crippen LogP contribution is 2.35. The van der Waals surface area contributed by atoms with Gasteiger partial charge < -0.3 is 4.90 Å². The Hall–Kier alpha value is -1.16. The summed E-state index contributed by atoms with van der Waals surface area (Å²) >= 11 is 1.38. The number of thiophene rings is 1. The van der Waals surface area contributed by atoms with Gasteiger partial charge in [0.15, 0.2) is 5.78 Å². The number of ketones is 1. The van der Waals surface area contributed by atoms with E-state index in [2.05, 4.69) is 0 Å². The van der Waals surface area contributed by atoms with Crippen molar-refractivity contribution < 1.29 is 9.59 Å². The fraction of sp³-hybridized carbons (Fsp3) is 0.647. The maximum atomic E-state index is 12.5. The molecule has 1 amide bonds. The lowest BCUT2D eigenvalue weighted by atomic mass is 9.80. The molecule has 0 bridgehead atoms. The minimum absolute atomic E-state index is 0.0422. The van der Waals surface area contributed by atoms with Crippen molar-refractivity contribution in [1.82, 2.24) is 4.90 Å². The van der Waals surface area contributed by atoms with Gasteiger partial charge in [-0.05, 0) is 31.2 Å². The van der Waals surface area contributed by atoms with E-state index in [9.17, 15) is 9.59 Å². The zero-order valence-electron chi connectivity index (χ0n) is 12.6. The number of hydrogen-bond donors (Lipinski definition) is 0. The molecular weight excluding hydrogens is 282 g/mol. The summed E-state index contributed by atoms with van der Waals surface area (Å²) in [6.07, 6.45) is 7.96. The van der Waals surface area contributed by atoms with Crippen molar-refractivity contribution in [2.24, 2.45) is 11.8 Å². The molecule has 0 N–H and O–H groups in total. The largest absolute Gasteiger partial charge is 0.338 e. The summed E-state index contributed by atoms with van der Waals surface area (Å²) in [5.74, 6) is 1.67. The van der Waals surface area contributed by atoms with E-state index in [4.69, 9.17) is 0 Å². The van der Waals surface area contributed by atoms with Crippen LogP contribution in [0.15, 0.2) is 11.4 Å². The van der Waals surface area contributed by atoms with Crippen LogP contribution < -0.4 is 0 Å². The van der Waals surface area contributed by atoms with Crippen molar-refractivity contribution in [2.45, 2.75) is 45.4 Å². The van der Waals surface area contributed by atoms with Gasteiger partial charge in [-0.15, -0.1) is 11.3 Å². The van der Waals surface area contributed by atoms with Crippen LogP contribution in [0.1, 0.15) is 65.5 Å². The summed E-state index contributed by atoms with van der Waals surface area (Å²) in [7, 11) is 0. The van der Waals surface area contributed by atoms with Gasteiger partial charge in [-0.2, -0.15) is 0 Å². The van der Waals surface area contributed by atoms with Gasteiger partial charge in [-0.25, -0.2) is 0 Å². The maximum absolute atomic E-state index is 12.5. The second-order valence-corrected chi connectivity index (χ2v) is 7.37. The predicted octanol–water partition coefficient (Wildman–Crippen LogP) is 3.99. The van der Waals surface area contributed by atoms with E-state index < -0.39 is 0 Å². The molecule has 3 nitrogen and oxygen atoms in total. The maximum Gasteiger partial charge on any atom is 0.254 e. The highest BCUT2D eigenvalue weighted by atomic mass is 32.1. The van der Waals surface area contributed by atoms with Gasteiger partial charge >= 0.3 is 0 Å². The molecule has 2 fully saturated rings. The van der Waals surface area contributed by atoms with E-state index in [0.29, 0.717) is 16.4 Å². The number of nitrogens with zero attached hydrogens (tertiary/aromatic N) is 1. The average molecular weight is 305 g/mol. The van der Waals surface area contributed by atoms with E-state index in [1.54, 1.807) is 13.0 Å². The van der Waals surface area contributed by atoms with Gasteiger partial charge in [-0.1, -0.05) is 32.1 Å². The molecule has 1 aromatic rings. The van der Waals surface area contributed by atoms with Crippen LogP contribution in [-0.2, 0) is 0 Å². The second kappa shape index (κ2) is 6.30. The van der Waals surface area contributed by atoms with Crippen LogP contribution in [0.5, 0.6) is 0 Å². The molecule has 1 aliphatic heterocycles. The van der Waals surface area contributed by atoms with Crippen molar-refractivity contribution in [2.75, 3.05) is 13.1 Å². The third-order valence-electron chi connectivity index (χ3n) is 5.02. The molecule has 114 valence electrons. The Morgan fingerprint density at radius 2 is 1.90 bits per heavy atom. The number of Topliss-reactive ketones (excluding diaryl/α,β-unsaturated/α-hetero) is 1. The van der Waals surface area contributed by atoms with Crippen LogP contribution in [0.4, 0.5) is 0 Å². The quantitative estimate of drug-likeness (QED) is 0.792. The van der Waals surface area contributed by atoms with E-state index in [1.165, 1.54) is 43.4 Å². The summed E-state index contributed by atoms with van der Waals surface area (Å²) < 4.78 is 0. The molecule has 1 aromatic heterocycles. The molecule has 4 heteroatoms. The lowest BCUT2D eigenvalue weighted by molar-refractivity contribution is 0.0780. The lowest BCUT2D eigenvalue weighted by Gasteiger charge is -2.27. The first-order valence-corrected chi connectivity index (χ1v) is 8.92. The summed E-state index contributed by atoms with van der Waals surface area (Å²) in [4.78, 5) is 26.6. The highest BCUT2D eigenvalue weighted by molar-refractivity contribution is 7.12. The molecular formula is C17H23NO2S. The topological polar surface area (TPSA) is 37.4 Å². The minimum atomic E-state index is 0.0422. The zero-order valence-corrected chi connectivity index (χ0v) is 13.5. The number of amides is 1. The molecule has 1 saturated carbocycles. The first kappa shape index (κ1) is 14.8. The first-order chi connectivity index (χ1) is 10.1. The Morgan fingerprint density at radius 1 is 1.14 bits per heavy atom. The third kappa shape index (κ3) is 3.20. The fourth-order valence-corrected chi connectivity index (χ4v) is 4.56. The molecule has 2 aliphatic rings. The van der Waals surface area contributed by atoms with Crippen molar-refractivity contribution in [3.8, 4) is 0 Å². The van der Waals surface area contributed by atoms with Crippen LogP contribution in [0.25, 0.3) is 0 Å².